The lowest BCUT2D eigenvalue weighted by molar-refractivity contribution is 0.103. The third kappa shape index (κ3) is 4.52. The summed E-state index contributed by atoms with van der Waals surface area (Å²) in [5.74, 6) is 0.701. The minimum absolute atomic E-state index is 0. The number of rotatable bonds is 5. The van der Waals surface area contributed by atoms with Crippen LogP contribution in [-0.4, -0.2) is 40.4 Å². The fourth-order valence-corrected chi connectivity index (χ4v) is 4.20. The highest BCUT2D eigenvalue weighted by molar-refractivity contribution is 6.09. The van der Waals surface area contributed by atoms with E-state index in [9.17, 15) is 4.79 Å². The van der Waals surface area contributed by atoms with Gasteiger partial charge in [-0.25, -0.2) is 4.98 Å². The zero-order chi connectivity index (χ0) is 22.6. The maximum absolute atomic E-state index is 13.4. The summed E-state index contributed by atoms with van der Waals surface area (Å²) in [5, 5.41) is 3.58. The first-order chi connectivity index (χ1) is 16.2. The molecule has 6 heteroatoms. The fraction of sp³-hybridized carbons (Fsp3) is 0.185. The molecule has 33 heavy (non-hydrogen) atoms. The summed E-state index contributed by atoms with van der Waals surface area (Å²) in [6.45, 7) is 4.35. The molecule has 0 bridgehead atoms. The number of nitrogens with zero attached hydrogens (tertiary/aromatic N) is 4. The van der Waals surface area contributed by atoms with Crippen LogP contribution in [-0.2, 0) is 0 Å². The van der Waals surface area contributed by atoms with Gasteiger partial charge < -0.3 is 10.2 Å². The van der Waals surface area contributed by atoms with Gasteiger partial charge >= 0.3 is 0 Å². The van der Waals surface area contributed by atoms with Gasteiger partial charge in [0.1, 0.15) is 11.5 Å². The summed E-state index contributed by atoms with van der Waals surface area (Å²) in [6.07, 6.45) is 5.26. The van der Waals surface area contributed by atoms with Crippen molar-refractivity contribution in [2.75, 3.05) is 24.5 Å². The second-order valence-corrected chi connectivity index (χ2v) is 8.17. The van der Waals surface area contributed by atoms with Crippen molar-refractivity contribution in [3.05, 3.63) is 108 Å². The van der Waals surface area contributed by atoms with Crippen LogP contribution in [0.3, 0.4) is 0 Å². The van der Waals surface area contributed by atoms with Crippen LogP contribution >= 0.6 is 0 Å². The molecule has 0 radical (unpaired) electrons. The van der Waals surface area contributed by atoms with Gasteiger partial charge in [-0.3, -0.25) is 14.8 Å². The molecule has 0 amide bonds. The Morgan fingerprint density at radius 3 is 2.67 bits per heavy atom. The molecule has 1 aliphatic rings. The molecule has 0 saturated carbocycles. The molecule has 4 heterocycles. The standard InChI is InChI=1S/C27H25N5O.H2/c1-19-23(16-22(17-30-19)20-10-12-28-13-11-20)27(33)24-8-5-9-26(31-24)32-15-14-29-25(18-32)21-6-3-2-4-7-21;/h2-13,16-17,25,29H,14-15,18H2,1H3;1H. The number of aromatic nitrogens is 3. The number of piperazine rings is 1. The first-order valence-corrected chi connectivity index (χ1v) is 11.1. The molecular weight excluding hydrogens is 410 g/mol. The molecule has 4 aromatic rings. The van der Waals surface area contributed by atoms with E-state index < -0.39 is 0 Å². The largest absolute Gasteiger partial charge is 0.353 e. The predicted molar refractivity (Wildman–Crippen MR) is 131 cm³/mol. The average molecular weight is 438 g/mol. The second-order valence-electron chi connectivity index (χ2n) is 8.17. The maximum Gasteiger partial charge on any atom is 0.213 e. The first-order valence-electron chi connectivity index (χ1n) is 11.1. The number of hydrogen-bond donors (Lipinski definition) is 1. The summed E-state index contributed by atoms with van der Waals surface area (Å²) in [7, 11) is 0. The molecule has 1 aliphatic heterocycles. The second kappa shape index (κ2) is 9.30. The van der Waals surface area contributed by atoms with E-state index in [4.69, 9.17) is 4.98 Å². The van der Waals surface area contributed by atoms with Crippen LogP contribution in [0, 0.1) is 6.92 Å². The van der Waals surface area contributed by atoms with Crippen LogP contribution in [0.4, 0.5) is 5.82 Å². The summed E-state index contributed by atoms with van der Waals surface area (Å²) in [5.41, 5.74) is 4.80. The van der Waals surface area contributed by atoms with Gasteiger partial charge in [0.2, 0.25) is 5.78 Å². The lowest BCUT2D eigenvalue weighted by Crippen LogP contribution is -2.46. The molecule has 1 unspecified atom stereocenters. The predicted octanol–water partition coefficient (Wildman–Crippen LogP) is 4.47. The lowest BCUT2D eigenvalue weighted by atomic mass is 10.0. The van der Waals surface area contributed by atoms with Crippen molar-refractivity contribution in [3.8, 4) is 11.1 Å². The Morgan fingerprint density at radius 2 is 1.85 bits per heavy atom. The van der Waals surface area contributed by atoms with E-state index in [0.717, 1.165) is 36.6 Å². The molecule has 1 aromatic carbocycles. The van der Waals surface area contributed by atoms with E-state index >= 15 is 0 Å². The van der Waals surface area contributed by atoms with Crippen molar-refractivity contribution in [2.45, 2.75) is 13.0 Å². The zero-order valence-electron chi connectivity index (χ0n) is 18.5. The summed E-state index contributed by atoms with van der Waals surface area (Å²) >= 11 is 0. The monoisotopic (exact) mass is 437 g/mol. The third-order valence-electron chi connectivity index (χ3n) is 6.01. The van der Waals surface area contributed by atoms with Crippen molar-refractivity contribution < 1.29 is 6.22 Å². The van der Waals surface area contributed by atoms with Gasteiger partial charge in [0.25, 0.3) is 0 Å². The van der Waals surface area contributed by atoms with Gasteiger partial charge in [-0.1, -0.05) is 36.4 Å². The average Bonchev–Trinajstić information content (AvgIpc) is 2.90. The Balaban J connectivity index is 0.00000274. The van der Waals surface area contributed by atoms with Gasteiger partial charge in [0.15, 0.2) is 0 Å². The minimum Gasteiger partial charge on any atom is -0.353 e. The number of hydrogen-bond acceptors (Lipinski definition) is 6. The van der Waals surface area contributed by atoms with Gasteiger partial charge in [-0.05, 0) is 48.4 Å². The van der Waals surface area contributed by atoms with Crippen LogP contribution in [0.2, 0.25) is 0 Å². The highest BCUT2D eigenvalue weighted by atomic mass is 16.1. The quantitative estimate of drug-likeness (QED) is 0.465. The number of carbonyl (C=O) groups excluding carboxylic acids is 1. The van der Waals surface area contributed by atoms with Crippen molar-refractivity contribution in [1.29, 1.82) is 0 Å². The van der Waals surface area contributed by atoms with Crippen molar-refractivity contribution in [2.24, 2.45) is 0 Å². The van der Waals surface area contributed by atoms with E-state index in [1.165, 1.54) is 5.56 Å². The Hall–Kier alpha value is -3.90. The fourth-order valence-electron chi connectivity index (χ4n) is 4.20. The number of anilines is 1. The molecule has 0 spiro atoms. The SMILES string of the molecule is Cc1ncc(-c2ccncc2)cc1C(=O)c1cccc(N2CCNC(c3ccccc3)C2)n1.[HH]. The van der Waals surface area contributed by atoms with E-state index in [1.807, 2.05) is 43.3 Å². The van der Waals surface area contributed by atoms with Gasteiger partial charge in [0.05, 0.1) is 0 Å². The van der Waals surface area contributed by atoms with Crippen molar-refractivity contribution in [3.63, 3.8) is 0 Å². The van der Waals surface area contributed by atoms with Gasteiger partial charge in [0, 0.05) is 62.5 Å². The first kappa shape index (κ1) is 21.0. The molecule has 1 atom stereocenters. The number of pyridine rings is 3. The highest BCUT2D eigenvalue weighted by Gasteiger charge is 2.23. The van der Waals surface area contributed by atoms with Crippen LogP contribution in [0.15, 0.2) is 85.3 Å². The molecule has 3 aromatic heterocycles. The number of aryl methyl sites for hydroxylation is 1. The smallest absolute Gasteiger partial charge is 0.213 e. The Labute approximate surface area is 194 Å². The van der Waals surface area contributed by atoms with E-state index in [-0.39, 0.29) is 13.3 Å². The Kier molecular flexibility index (Phi) is 5.91. The summed E-state index contributed by atoms with van der Waals surface area (Å²) in [4.78, 5) is 29.0. The molecule has 1 N–H and O–H groups in total. The highest BCUT2D eigenvalue weighted by Crippen LogP contribution is 2.24. The zero-order valence-corrected chi connectivity index (χ0v) is 18.5. The third-order valence-corrected chi connectivity index (χ3v) is 6.01. The van der Waals surface area contributed by atoms with Gasteiger partial charge in [-0.2, -0.15) is 0 Å². The van der Waals surface area contributed by atoms with E-state index in [2.05, 4.69) is 44.5 Å². The molecule has 0 aliphatic carbocycles. The van der Waals surface area contributed by atoms with Crippen molar-refractivity contribution >= 4 is 11.6 Å². The van der Waals surface area contributed by atoms with Crippen LogP contribution in [0.1, 0.15) is 34.8 Å². The number of carbonyl (C=O) groups is 1. The van der Waals surface area contributed by atoms with E-state index in [0.29, 0.717) is 17.0 Å². The summed E-state index contributed by atoms with van der Waals surface area (Å²) in [6, 6.07) is 22.0. The minimum atomic E-state index is -0.118. The number of benzene rings is 1. The van der Waals surface area contributed by atoms with Gasteiger partial charge in [-0.15, -0.1) is 0 Å². The Morgan fingerprint density at radius 1 is 1.03 bits per heavy atom. The normalized spacial score (nSPS) is 15.9. The lowest BCUT2D eigenvalue weighted by Gasteiger charge is -2.35. The molecular formula is C27H27N5O. The van der Waals surface area contributed by atoms with Crippen LogP contribution in [0.5, 0.6) is 0 Å². The molecule has 5 rings (SSSR count). The van der Waals surface area contributed by atoms with Crippen LogP contribution in [0.25, 0.3) is 11.1 Å². The van der Waals surface area contributed by atoms with E-state index in [1.54, 1.807) is 24.7 Å². The topological polar surface area (TPSA) is 71.0 Å². The molecule has 6 nitrogen and oxygen atoms in total. The molecule has 1 fully saturated rings. The maximum atomic E-state index is 13.4. The number of ketones is 1. The summed E-state index contributed by atoms with van der Waals surface area (Å²) < 4.78 is 0. The Bertz CT molecular complexity index is 1270. The molecule has 166 valence electrons. The van der Waals surface area contributed by atoms with Crippen LogP contribution < -0.4 is 10.2 Å². The number of nitrogens with one attached hydrogen (secondary N) is 1. The molecule has 1 saturated heterocycles. The van der Waals surface area contributed by atoms with Crippen molar-refractivity contribution in [1.82, 2.24) is 20.3 Å².